The van der Waals surface area contributed by atoms with Crippen LogP contribution in [0.2, 0.25) is 0 Å². The summed E-state index contributed by atoms with van der Waals surface area (Å²) in [5, 5.41) is 1.21. The van der Waals surface area contributed by atoms with Gasteiger partial charge < -0.3 is 0 Å². The summed E-state index contributed by atoms with van der Waals surface area (Å²) in [6.07, 6.45) is 3.50. The molecule has 2 amide bonds. The van der Waals surface area contributed by atoms with Crippen LogP contribution in [0.4, 0.5) is 0 Å². The minimum Gasteiger partial charge on any atom is -0.274 e. The summed E-state index contributed by atoms with van der Waals surface area (Å²) in [5.41, 5.74) is 0.901. The van der Waals surface area contributed by atoms with E-state index in [0.717, 1.165) is 0 Å². The number of fused-ring (bicyclic) bond motifs is 1. The van der Waals surface area contributed by atoms with E-state index in [1.807, 2.05) is 0 Å². The highest BCUT2D eigenvalue weighted by Gasteiger charge is 2.34. The van der Waals surface area contributed by atoms with E-state index in [4.69, 9.17) is 0 Å². The second kappa shape index (κ2) is 7.66. The van der Waals surface area contributed by atoms with Gasteiger partial charge in [-0.2, -0.15) is 0 Å². The van der Waals surface area contributed by atoms with Gasteiger partial charge in [0.25, 0.3) is 11.8 Å². The van der Waals surface area contributed by atoms with E-state index in [0.29, 0.717) is 36.9 Å². The fourth-order valence-corrected chi connectivity index (χ4v) is 3.94. The third-order valence-corrected chi connectivity index (χ3v) is 5.71. The van der Waals surface area contributed by atoms with Gasteiger partial charge in [-0.3, -0.25) is 14.5 Å². The van der Waals surface area contributed by atoms with Crippen molar-refractivity contribution in [2.45, 2.75) is 24.2 Å². The second-order valence-electron chi connectivity index (χ2n) is 6.03. The Morgan fingerprint density at radius 2 is 1.38 bits per heavy atom. The number of carbonyl (C=O) groups excluding carboxylic acids is 2. The molecule has 0 atom stereocenters. The van der Waals surface area contributed by atoms with E-state index < -0.39 is 9.84 Å². The monoisotopic (exact) mass is 369 g/mol. The lowest BCUT2D eigenvalue weighted by atomic mass is 10.1. The van der Waals surface area contributed by atoms with Gasteiger partial charge in [-0.25, -0.2) is 8.42 Å². The summed E-state index contributed by atoms with van der Waals surface area (Å²) in [6.45, 7) is 0.339. The molecule has 1 aliphatic heterocycles. The average Bonchev–Trinajstić information content (AvgIpc) is 2.90. The van der Waals surface area contributed by atoms with Crippen molar-refractivity contribution in [1.29, 1.82) is 0 Å². The van der Waals surface area contributed by atoms with Crippen molar-refractivity contribution in [2.24, 2.45) is 0 Å². The molecule has 0 fully saturated rings. The quantitative estimate of drug-likeness (QED) is 0.554. The van der Waals surface area contributed by atoms with E-state index in [2.05, 4.69) is 0 Å². The summed E-state index contributed by atoms with van der Waals surface area (Å²) in [7, 11) is -3.42. The van der Waals surface area contributed by atoms with Crippen molar-refractivity contribution in [3.63, 3.8) is 0 Å². The van der Waals surface area contributed by atoms with Gasteiger partial charge in [0.1, 0.15) is 0 Å². The first kappa shape index (κ1) is 18.1. The lowest BCUT2D eigenvalue weighted by molar-refractivity contribution is 0.0652. The van der Waals surface area contributed by atoms with Crippen LogP contribution in [0.25, 0.3) is 0 Å². The molecule has 3 rings (SSSR count). The van der Waals surface area contributed by atoms with Crippen LogP contribution in [-0.2, 0) is 9.84 Å². The average molecular weight is 369 g/mol. The van der Waals surface area contributed by atoms with Gasteiger partial charge in [0.05, 0.1) is 16.0 Å². The zero-order valence-corrected chi connectivity index (χ0v) is 15.0. The largest absolute Gasteiger partial charge is 0.274 e. The highest BCUT2D eigenvalue weighted by molar-refractivity contribution is 7.94. The number of amides is 2. The molecule has 5 nitrogen and oxygen atoms in total. The van der Waals surface area contributed by atoms with Crippen molar-refractivity contribution in [1.82, 2.24) is 4.90 Å². The smallest absolute Gasteiger partial charge is 0.261 e. The second-order valence-corrected chi connectivity index (χ2v) is 7.87. The number of unbranched alkanes of at least 4 members (excludes halogenated alkanes) is 2. The maximum atomic E-state index is 12.2. The fraction of sp³-hybridized carbons (Fsp3) is 0.200. The van der Waals surface area contributed by atoms with E-state index in [1.165, 1.54) is 10.3 Å². The summed E-state index contributed by atoms with van der Waals surface area (Å²) >= 11 is 0. The molecule has 0 saturated heterocycles. The normalized spacial score (nSPS) is 14.2. The number of carbonyl (C=O) groups is 2. The Balaban J connectivity index is 1.48. The molecule has 0 N–H and O–H groups in total. The predicted molar refractivity (Wildman–Crippen MR) is 98.4 cm³/mol. The molecule has 0 bridgehead atoms. The molecule has 2 aromatic carbocycles. The summed E-state index contributed by atoms with van der Waals surface area (Å²) in [6, 6.07) is 15.0. The Morgan fingerprint density at radius 1 is 0.808 bits per heavy atom. The molecule has 26 heavy (non-hydrogen) atoms. The highest BCUT2D eigenvalue weighted by atomic mass is 32.2. The molecule has 2 aromatic rings. The molecule has 1 aliphatic rings. The lowest BCUT2D eigenvalue weighted by Gasteiger charge is -2.12. The van der Waals surface area contributed by atoms with Crippen molar-refractivity contribution >= 4 is 21.7 Å². The number of hydrogen-bond acceptors (Lipinski definition) is 4. The zero-order valence-electron chi connectivity index (χ0n) is 14.2. The molecule has 0 unspecified atom stereocenters. The Bertz CT molecular complexity index is 914. The molecule has 0 saturated carbocycles. The molecule has 0 spiro atoms. The fourth-order valence-electron chi connectivity index (χ4n) is 2.86. The summed E-state index contributed by atoms with van der Waals surface area (Å²) in [5.74, 6) is -0.513. The van der Waals surface area contributed by atoms with Crippen LogP contribution in [0.3, 0.4) is 0 Å². The van der Waals surface area contributed by atoms with Crippen LogP contribution in [-0.4, -0.2) is 31.7 Å². The third kappa shape index (κ3) is 3.75. The molecule has 6 heteroatoms. The van der Waals surface area contributed by atoms with Gasteiger partial charge in [-0.1, -0.05) is 36.4 Å². The standard InChI is InChI=1S/C20H19NO4S/c22-19-17-12-6-7-13-18(17)20(23)21(19)14-8-1-2-9-15-26(24,25)16-10-4-3-5-11-16/h3-7,9-13,15H,1-2,8,14H2/b15-9+. The molecular weight excluding hydrogens is 350 g/mol. The minimum atomic E-state index is -3.42. The van der Waals surface area contributed by atoms with Crippen LogP contribution in [0.1, 0.15) is 40.0 Å². The van der Waals surface area contributed by atoms with E-state index in [9.17, 15) is 18.0 Å². The van der Waals surface area contributed by atoms with Crippen LogP contribution in [0, 0.1) is 0 Å². The van der Waals surface area contributed by atoms with E-state index in [1.54, 1.807) is 60.7 Å². The number of nitrogens with zero attached hydrogens (tertiary/aromatic N) is 1. The Hall–Kier alpha value is -2.73. The number of benzene rings is 2. The summed E-state index contributed by atoms with van der Waals surface area (Å²) in [4.78, 5) is 26.0. The first-order valence-electron chi connectivity index (χ1n) is 8.42. The lowest BCUT2D eigenvalue weighted by Crippen LogP contribution is -2.30. The Morgan fingerprint density at radius 3 is 2.00 bits per heavy atom. The van der Waals surface area contributed by atoms with Crippen LogP contribution < -0.4 is 0 Å². The highest BCUT2D eigenvalue weighted by Crippen LogP contribution is 2.22. The van der Waals surface area contributed by atoms with Crippen molar-refractivity contribution < 1.29 is 18.0 Å². The molecule has 1 heterocycles. The van der Waals surface area contributed by atoms with Crippen molar-refractivity contribution in [3.8, 4) is 0 Å². The van der Waals surface area contributed by atoms with Gasteiger partial charge in [0, 0.05) is 12.0 Å². The van der Waals surface area contributed by atoms with Gasteiger partial charge >= 0.3 is 0 Å². The maximum Gasteiger partial charge on any atom is 0.261 e. The molecule has 0 aromatic heterocycles. The molecule has 0 radical (unpaired) electrons. The zero-order chi connectivity index (χ0) is 18.6. The first-order chi connectivity index (χ1) is 12.5. The SMILES string of the molecule is O=C1c2ccccc2C(=O)N1CCCC/C=C/S(=O)(=O)c1ccccc1. The third-order valence-electron chi connectivity index (χ3n) is 4.23. The van der Waals surface area contributed by atoms with E-state index >= 15 is 0 Å². The van der Waals surface area contributed by atoms with Gasteiger partial charge in [-0.15, -0.1) is 0 Å². The van der Waals surface area contributed by atoms with Crippen LogP contribution >= 0.6 is 0 Å². The number of allylic oxidation sites excluding steroid dienone is 1. The van der Waals surface area contributed by atoms with Crippen molar-refractivity contribution in [3.05, 3.63) is 77.2 Å². The van der Waals surface area contributed by atoms with Gasteiger partial charge in [0.2, 0.25) is 0 Å². The van der Waals surface area contributed by atoms with E-state index in [-0.39, 0.29) is 16.7 Å². The maximum absolute atomic E-state index is 12.2. The topological polar surface area (TPSA) is 71.5 Å². The first-order valence-corrected chi connectivity index (χ1v) is 9.97. The molecule has 0 aliphatic carbocycles. The molecular formula is C20H19NO4S. The number of hydrogen-bond donors (Lipinski definition) is 0. The van der Waals surface area contributed by atoms with Crippen LogP contribution in [0.15, 0.2) is 71.0 Å². The number of rotatable bonds is 7. The number of sulfone groups is 1. The van der Waals surface area contributed by atoms with Crippen molar-refractivity contribution in [2.75, 3.05) is 6.54 Å². The van der Waals surface area contributed by atoms with Gasteiger partial charge in [-0.05, 0) is 43.5 Å². The number of imide groups is 1. The van der Waals surface area contributed by atoms with Gasteiger partial charge in [0.15, 0.2) is 9.84 Å². The Labute approximate surface area is 152 Å². The summed E-state index contributed by atoms with van der Waals surface area (Å²) < 4.78 is 24.2. The molecule has 134 valence electrons. The Kier molecular flexibility index (Phi) is 5.32. The van der Waals surface area contributed by atoms with Crippen LogP contribution in [0.5, 0.6) is 0 Å². The minimum absolute atomic E-state index is 0.257. The predicted octanol–water partition coefficient (Wildman–Crippen LogP) is 3.44.